The lowest BCUT2D eigenvalue weighted by atomic mass is 10.2. The van der Waals surface area contributed by atoms with Crippen molar-refractivity contribution in [3.63, 3.8) is 0 Å². The molecule has 106 valence electrons. The average Bonchev–Trinajstić information content (AvgIpc) is 2.41. The van der Waals surface area contributed by atoms with E-state index in [1.807, 2.05) is 0 Å². The summed E-state index contributed by atoms with van der Waals surface area (Å²) in [5.41, 5.74) is 2.31. The van der Waals surface area contributed by atoms with Crippen molar-refractivity contribution >= 4 is 26.6 Å². The van der Waals surface area contributed by atoms with Gasteiger partial charge < -0.3 is 5.43 Å². The topological polar surface area (TPSA) is 114 Å². The molecule has 0 saturated carbocycles. The highest BCUT2D eigenvalue weighted by molar-refractivity contribution is 7.89. The largest absolute Gasteiger partial charge is 0.308 e. The molecule has 1 saturated heterocycles. The molecule has 0 atom stereocenters. The number of hydrogen-bond acceptors (Lipinski definition) is 6. The molecular formula is C10H16N4O3S2. The molecular weight excluding hydrogens is 288 g/mol. The Kier molecular flexibility index (Phi) is 4.50. The molecule has 1 aromatic heterocycles. The van der Waals surface area contributed by atoms with Crippen molar-refractivity contribution in [2.24, 2.45) is 5.84 Å². The van der Waals surface area contributed by atoms with Gasteiger partial charge in [0, 0.05) is 40.6 Å². The number of aromatic nitrogens is 1. The number of hydrogen-bond donors (Lipinski definition) is 3. The first-order chi connectivity index (χ1) is 9.01. The molecule has 1 fully saturated rings. The number of rotatable bonds is 4. The van der Waals surface area contributed by atoms with Gasteiger partial charge in [0.2, 0.25) is 10.0 Å². The van der Waals surface area contributed by atoms with Gasteiger partial charge in [0.25, 0.3) is 0 Å². The monoisotopic (exact) mass is 304 g/mol. The van der Waals surface area contributed by atoms with Crippen LogP contribution in [-0.4, -0.2) is 35.2 Å². The van der Waals surface area contributed by atoms with Crippen molar-refractivity contribution in [1.29, 1.82) is 0 Å². The Labute approximate surface area is 114 Å². The van der Waals surface area contributed by atoms with Gasteiger partial charge in [0.15, 0.2) is 0 Å². The quantitative estimate of drug-likeness (QED) is 0.513. The van der Waals surface area contributed by atoms with E-state index in [1.54, 1.807) is 0 Å². The summed E-state index contributed by atoms with van der Waals surface area (Å²) in [4.78, 5) is 3.97. The van der Waals surface area contributed by atoms with Crippen LogP contribution < -0.4 is 16.0 Å². The Morgan fingerprint density at radius 3 is 2.68 bits per heavy atom. The summed E-state index contributed by atoms with van der Waals surface area (Å²) < 4.78 is 38.2. The highest BCUT2D eigenvalue weighted by Gasteiger charge is 2.24. The molecule has 0 radical (unpaired) electrons. The predicted molar refractivity (Wildman–Crippen MR) is 73.3 cm³/mol. The molecule has 2 heterocycles. The van der Waals surface area contributed by atoms with Gasteiger partial charge in [-0.15, -0.1) is 0 Å². The highest BCUT2D eigenvalue weighted by Crippen LogP contribution is 2.16. The van der Waals surface area contributed by atoms with Gasteiger partial charge in [-0.2, -0.15) is 0 Å². The number of sulfonamides is 1. The van der Waals surface area contributed by atoms with Crippen molar-refractivity contribution in [3.05, 3.63) is 18.3 Å². The third-order valence-corrected chi connectivity index (χ3v) is 5.80. The van der Waals surface area contributed by atoms with Crippen molar-refractivity contribution in [2.45, 2.75) is 23.8 Å². The maximum atomic E-state index is 12.2. The number of nitrogens with zero attached hydrogens (tertiary/aromatic N) is 1. The number of pyridine rings is 1. The predicted octanol–water partition coefficient (Wildman–Crippen LogP) is -0.443. The third-order valence-electron chi connectivity index (χ3n) is 2.90. The van der Waals surface area contributed by atoms with Crippen molar-refractivity contribution in [3.8, 4) is 0 Å². The van der Waals surface area contributed by atoms with E-state index in [4.69, 9.17) is 5.84 Å². The first-order valence-electron chi connectivity index (χ1n) is 5.81. The van der Waals surface area contributed by atoms with Crippen LogP contribution >= 0.6 is 0 Å². The fourth-order valence-electron chi connectivity index (χ4n) is 1.86. The fourth-order valence-corrected chi connectivity index (χ4v) is 4.47. The van der Waals surface area contributed by atoms with Crippen LogP contribution in [0.25, 0.3) is 0 Å². The van der Waals surface area contributed by atoms with Gasteiger partial charge in [-0.3, -0.25) is 4.21 Å². The van der Waals surface area contributed by atoms with E-state index in [-0.39, 0.29) is 16.8 Å². The lowest BCUT2D eigenvalue weighted by Gasteiger charge is -2.22. The number of nitrogens with one attached hydrogen (secondary N) is 2. The Bertz CT molecular complexity index is 566. The number of nitrogen functional groups attached to an aromatic ring is 1. The molecule has 1 aliphatic heterocycles. The van der Waals surface area contributed by atoms with E-state index >= 15 is 0 Å². The lowest BCUT2D eigenvalue weighted by molar-refractivity contribution is 0.522. The van der Waals surface area contributed by atoms with Crippen LogP contribution in [0.4, 0.5) is 5.82 Å². The Hall–Kier alpha value is -1.03. The molecule has 19 heavy (non-hydrogen) atoms. The second-order valence-electron chi connectivity index (χ2n) is 4.26. The Balaban J connectivity index is 2.11. The smallest absolute Gasteiger partial charge is 0.241 e. The van der Waals surface area contributed by atoms with E-state index in [1.165, 1.54) is 18.3 Å². The molecule has 0 bridgehead atoms. The highest BCUT2D eigenvalue weighted by atomic mass is 32.2. The Morgan fingerprint density at radius 2 is 2.05 bits per heavy atom. The van der Waals surface area contributed by atoms with Crippen LogP contribution in [0.1, 0.15) is 12.8 Å². The van der Waals surface area contributed by atoms with Crippen LogP contribution in [0.3, 0.4) is 0 Å². The van der Waals surface area contributed by atoms with Crippen LogP contribution in [0.5, 0.6) is 0 Å². The summed E-state index contributed by atoms with van der Waals surface area (Å²) >= 11 is 0. The molecule has 0 aromatic carbocycles. The number of hydrazine groups is 1. The van der Waals surface area contributed by atoms with Crippen LogP contribution in [0, 0.1) is 0 Å². The first-order valence-corrected chi connectivity index (χ1v) is 8.78. The van der Waals surface area contributed by atoms with Crippen LogP contribution in [0.15, 0.2) is 23.2 Å². The summed E-state index contributed by atoms with van der Waals surface area (Å²) in [6, 6.07) is 2.61. The summed E-state index contributed by atoms with van der Waals surface area (Å²) in [6.07, 6.45) is 2.57. The lowest BCUT2D eigenvalue weighted by Crippen LogP contribution is -2.39. The minimum atomic E-state index is -3.59. The molecule has 0 spiro atoms. The van der Waals surface area contributed by atoms with Gasteiger partial charge in [-0.05, 0) is 18.9 Å². The molecule has 0 unspecified atom stereocenters. The van der Waals surface area contributed by atoms with E-state index < -0.39 is 20.8 Å². The Morgan fingerprint density at radius 1 is 1.37 bits per heavy atom. The molecule has 4 N–H and O–H groups in total. The van der Waals surface area contributed by atoms with Gasteiger partial charge in [0.05, 0.1) is 4.90 Å². The summed E-state index contributed by atoms with van der Waals surface area (Å²) in [7, 11) is -4.40. The van der Waals surface area contributed by atoms with Crippen molar-refractivity contribution < 1.29 is 12.6 Å². The normalized spacial score (nSPS) is 24.1. The summed E-state index contributed by atoms with van der Waals surface area (Å²) in [5.74, 6) is 6.57. The fraction of sp³-hybridized carbons (Fsp3) is 0.500. The average molecular weight is 304 g/mol. The van der Waals surface area contributed by atoms with Crippen LogP contribution in [-0.2, 0) is 20.8 Å². The van der Waals surface area contributed by atoms with Gasteiger partial charge in [-0.1, -0.05) is 0 Å². The van der Waals surface area contributed by atoms with Gasteiger partial charge in [0.1, 0.15) is 5.82 Å². The molecule has 1 aliphatic rings. The zero-order valence-electron chi connectivity index (χ0n) is 10.2. The van der Waals surface area contributed by atoms with Gasteiger partial charge in [-0.25, -0.2) is 24.0 Å². The van der Waals surface area contributed by atoms with Crippen molar-refractivity contribution in [1.82, 2.24) is 9.71 Å². The maximum Gasteiger partial charge on any atom is 0.241 e. The minimum absolute atomic E-state index is 0.113. The zero-order chi connectivity index (χ0) is 13.9. The van der Waals surface area contributed by atoms with Gasteiger partial charge >= 0.3 is 0 Å². The second-order valence-corrected chi connectivity index (χ2v) is 7.67. The van der Waals surface area contributed by atoms with E-state index in [0.717, 1.165) is 0 Å². The molecule has 7 nitrogen and oxygen atoms in total. The molecule has 1 aromatic rings. The summed E-state index contributed by atoms with van der Waals surface area (Å²) in [5, 5.41) is 0. The third kappa shape index (κ3) is 3.72. The minimum Gasteiger partial charge on any atom is -0.308 e. The molecule has 0 amide bonds. The molecule has 2 rings (SSSR count). The van der Waals surface area contributed by atoms with E-state index in [2.05, 4.69) is 15.1 Å². The van der Waals surface area contributed by atoms with Crippen molar-refractivity contribution in [2.75, 3.05) is 16.9 Å². The second kappa shape index (κ2) is 5.95. The SMILES string of the molecule is NNc1cc(S(=O)(=O)NC2CCS(=O)CC2)ccn1. The first kappa shape index (κ1) is 14.4. The van der Waals surface area contributed by atoms with E-state index in [9.17, 15) is 12.6 Å². The van der Waals surface area contributed by atoms with Crippen LogP contribution in [0.2, 0.25) is 0 Å². The number of anilines is 1. The molecule has 9 heteroatoms. The number of nitrogens with two attached hydrogens (primary N) is 1. The van der Waals surface area contributed by atoms with E-state index in [0.29, 0.717) is 24.3 Å². The summed E-state index contributed by atoms with van der Waals surface area (Å²) in [6.45, 7) is 0. The molecule has 0 aliphatic carbocycles. The zero-order valence-corrected chi connectivity index (χ0v) is 11.8. The maximum absolute atomic E-state index is 12.2. The standard InChI is InChI=1S/C10H16N4O3S2/c11-13-10-7-9(1-4-12-10)19(16,17)14-8-2-5-18(15)6-3-8/h1,4,7-8,14H,2-3,5-6,11H2,(H,12,13).